The van der Waals surface area contributed by atoms with Gasteiger partial charge in [-0.2, -0.15) is 0 Å². The second-order valence-electron chi connectivity index (χ2n) is 6.03. The molecular weight excluding hydrogens is 222 g/mol. The molecule has 0 aromatic heterocycles. The van der Waals surface area contributed by atoms with Crippen LogP contribution in [0.5, 0.6) is 0 Å². The van der Waals surface area contributed by atoms with E-state index in [9.17, 15) is 0 Å². The maximum atomic E-state index is 4.69. The number of nitrogens with one attached hydrogen (secondary N) is 1. The number of rotatable bonds is 4. The standard InChI is InChI=1S/C15H29N3/c1-4-7-13-10-14(13)17-15(16-5-2)18-9-6-8-12(3)11-18/h12-14H,4-11H2,1-3H3,(H,16,17). The Hall–Kier alpha value is -0.730. The Kier molecular flexibility index (Phi) is 4.90. The van der Waals surface area contributed by atoms with E-state index in [2.05, 4.69) is 36.0 Å². The minimum Gasteiger partial charge on any atom is -0.353 e. The lowest BCUT2D eigenvalue weighted by molar-refractivity contribution is 0.265. The predicted molar refractivity (Wildman–Crippen MR) is 77.9 cm³/mol. The lowest BCUT2D eigenvalue weighted by atomic mass is 10.0. The van der Waals surface area contributed by atoms with Gasteiger partial charge >= 0.3 is 0 Å². The Morgan fingerprint density at radius 1 is 1.39 bits per heavy atom. The summed E-state index contributed by atoms with van der Waals surface area (Å²) >= 11 is 0. The van der Waals surface area contributed by atoms with Crippen LogP contribution in [0, 0.1) is 11.8 Å². The molecular formula is C15H29N3. The number of hydrogen-bond acceptors (Lipinski definition) is 1. The molecule has 0 spiro atoms. The molecule has 3 nitrogen and oxygen atoms in total. The Labute approximate surface area is 112 Å². The van der Waals surface area contributed by atoms with Crippen LogP contribution in [0.15, 0.2) is 4.99 Å². The zero-order valence-electron chi connectivity index (χ0n) is 12.3. The lowest BCUT2D eigenvalue weighted by Gasteiger charge is -2.33. The van der Waals surface area contributed by atoms with E-state index >= 15 is 0 Å². The highest BCUT2D eigenvalue weighted by Gasteiger charge is 2.37. The van der Waals surface area contributed by atoms with E-state index in [-0.39, 0.29) is 0 Å². The summed E-state index contributed by atoms with van der Waals surface area (Å²) in [4.78, 5) is 7.16. The van der Waals surface area contributed by atoms with E-state index in [1.165, 1.54) is 51.2 Å². The highest BCUT2D eigenvalue weighted by Crippen LogP contribution is 2.34. The fourth-order valence-corrected chi connectivity index (χ4v) is 3.05. The highest BCUT2D eigenvalue weighted by atomic mass is 15.3. The van der Waals surface area contributed by atoms with Crippen molar-refractivity contribution in [3.05, 3.63) is 0 Å². The van der Waals surface area contributed by atoms with E-state index in [4.69, 9.17) is 0 Å². The van der Waals surface area contributed by atoms with Crippen molar-refractivity contribution in [1.29, 1.82) is 0 Å². The largest absolute Gasteiger partial charge is 0.353 e. The first-order chi connectivity index (χ1) is 8.74. The minimum absolute atomic E-state index is 0.701. The normalized spacial score (nSPS) is 32.5. The van der Waals surface area contributed by atoms with Crippen LogP contribution < -0.4 is 5.32 Å². The molecule has 3 atom stereocenters. The average molecular weight is 251 g/mol. The molecule has 1 N–H and O–H groups in total. The van der Waals surface area contributed by atoms with E-state index in [0.29, 0.717) is 6.04 Å². The van der Waals surface area contributed by atoms with Crippen LogP contribution in [0.3, 0.4) is 0 Å². The van der Waals surface area contributed by atoms with Gasteiger partial charge < -0.3 is 10.2 Å². The minimum atomic E-state index is 0.701. The number of aliphatic imine (C=N–C) groups is 1. The average Bonchev–Trinajstić information content (AvgIpc) is 3.07. The fraction of sp³-hybridized carbons (Fsp3) is 0.933. The smallest absolute Gasteiger partial charge is 0.194 e. The van der Waals surface area contributed by atoms with Crippen LogP contribution in [-0.2, 0) is 0 Å². The van der Waals surface area contributed by atoms with Crippen LogP contribution >= 0.6 is 0 Å². The second-order valence-corrected chi connectivity index (χ2v) is 6.03. The lowest BCUT2D eigenvalue weighted by Crippen LogP contribution is -2.47. The summed E-state index contributed by atoms with van der Waals surface area (Å²) in [6.07, 6.45) is 6.71. The zero-order chi connectivity index (χ0) is 13.0. The second kappa shape index (κ2) is 6.44. The van der Waals surface area contributed by atoms with Crippen LogP contribution in [0.1, 0.15) is 52.9 Å². The Bertz CT molecular complexity index is 287. The van der Waals surface area contributed by atoms with Gasteiger partial charge in [0, 0.05) is 25.7 Å². The first-order valence-corrected chi connectivity index (χ1v) is 7.80. The molecule has 1 aliphatic carbocycles. The van der Waals surface area contributed by atoms with E-state index in [1.54, 1.807) is 0 Å². The van der Waals surface area contributed by atoms with Crippen LogP contribution in [0.4, 0.5) is 0 Å². The van der Waals surface area contributed by atoms with Gasteiger partial charge in [-0.15, -0.1) is 0 Å². The Morgan fingerprint density at radius 2 is 2.22 bits per heavy atom. The molecule has 0 aromatic carbocycles. The first kappa shape index (κ1) is 13.7. The molecule has 3 unspecified atom stereocenters. The maximum Gasteiger partial charge on any atom is 0.194 e. The molecule has 2 aliphatic rings. The summed E-state index contributed by atoms with van der Waals surface area (Å²) in [6.45, 7) is 10.0. The van der Waals surface area contributed by atoms with Gasteiger partial charge in [-0.1, -0.05) is 20.3 Å². The van der Waals surface area contributed by atoms with Gasteiger partial charge in [-0.25, -0.2) is 0 Å². The number of likely N-dealkylation sites (tertiary alicyclic amines) is 1. The Balaban J connectivity index is 1.86. The van der Waals surface area contributed by atoms with Gasteiger partial charge in [-0.3, -0.25) is 4.99 Å². The first-order valence-electron chi connectivity index (χ1n) is 7.80. The molecule has 104 valence electrons. The molecule has 2 rings (SSSR count). The molecule has 3 heteroatoms. The van der Waals surface area contributed by atoms with Crippen molar-refractivity contribution in [3.8, 4) is 0 Å². The third-order valence-corrected chi connectivity index (χ3v) is 4.16. The van der Waals surface area contributed by atoms with Crippen molar-refractivity contribution in [3.63, 3.8) is 0 Å². The molecule has 1 aliphatic heterocycles. The SMILES string of the molecule is CCCC1CC1NC(=NCC)N1CCCC(C)C1. The summed E-state index contributed by atoms with van der Waals surface area (Å²) in [6, 6.07) is 0.701. The van der Waals surface area contributed by atoms with Crippen LogP contribution in [-0.4, -0.2) is 36.5 Å². The van der Waals surface area contributed by atoms with Crippen LogP contribution in [0.25, 0.3) is 0 Å². The molecule has 0 amide bonds. The van der Waals surface area contributed by atoms with Crippen molar-refractivity contribution in [2.45, 2.75) is 58.9 Å². The van der Waals surface area contributed by atoms with Gasteiger partial charge in [0.2, 0.25) is 0 Å². The van der Waals surface area contributed by atoms with Crippen molar-refractivity contribution < 1.29 is 0 Å². The number of guanidine groups is 1. The summed E-state index contributed by atoms with van der Waals surface area (Å²) in [5.74, 6) is 2.89. The number of hydrogen-bond donors (Lipinski definition) is 1. The Morgan fingerprint density at radius 3 is 2.89 bits per heavy atom. The van der Waals surface area contributed by atoms with Gasteiger partial charge in [0.05, 0.1) is 0 Å². The quantitative estimate of drug-likeness (QED) is 0.614. The van der Waals surface area contributed by atoms with Gasteiger partial charge in [0.15, 0.2) is 5.96 Å². The molecule has 0 aromatic rings. The molecule has 0 radical (unpaired) electrons. The number of piperidine rings is 1. The van der Waals surface area contributed by atoms with Gasteiger partial charge in [-0.05, 0) is 44.4 Å². The maximum absolute atomic E-state index is 4.69. The summed E-state index contributed by atoms with van der Waals surface area (Å²) in [7, 11) is 0. The van der Waals surface area contributed by atoms with E-state index < -0.39 is 0 Å². The van der Waals surface area contributed by atoms with E-state index in [0.717, 1.165) is 18.4 Å². The fourth-order valence-electron chi connectivity index (χ4n) is 3.05. The topological polar surface area (TPSA) is 27.6 Å². The molecule has 1 heterocycles. The summed E-state index contributed by atoms with van der Waals surface area (Å²) in [5, 5.41) is 3.69. The molecule has 1 saturated carbocycles. The summed E-state index contributed by atoms with van der Waals surface area (Å²) in [5.41, 5.74) is 0. The van der Waals surface area contributed by atoms with Crippen molar-refractivity contribution in [2.24, 2.45) is 16.8 Å². The summed E-state index contributed by atoms with van der Waals surface area (Å²) < 4.78 is 0. The molecule has 1 saturated heterocycles. The van der Waals surface area contributed by atoms with Gasteiger partial charge in [0.1, 0.15) is 0 Å². The third-order valence-electron chi connectivity index (χ3n) is 4.16. The zero-order valence-corrected chi connectivity index (χ0v) is 12.3. The van der Waals surface area contributed by atoms with E-state index in [1.807, 2.05) is 0 Å². The van der Waals surface area contributed by atoms with Gasteiger partial charge in [0.25, 0.3) is 0 Å². The predicted octanol–water partition coefficient (Wildman–Crippen LogP) is 2.87. The molecule has 2 fully saturated rings. The van der Waals surface area contributed by atoms with Crippen molar-refractivity contribution >= 4 is 5.96 Å². The van der Waals surface area contributed by atoms with Crippen LogP contribution in [0.2, 0.25) is 0 Å². The third kappa shape index (κ3) is 3.63. The highest BCUT2D eigenvalue weighted by molar-refractivity contribution is 5.80. The number of nitrogens with zero attached hydrogens (tertiary/aromatic N) is 2. The monoisotopic (exact) mass is 251 g/mol. The van der Waals surface area contributed by atoms with Crippen molar-refractivity contribution in [1.82, 2.24) is 10.2 Å². The molecule has 0 bridgehead atoms. The van der Waals surface area contributed by atoms with Crippen molar-refractivity contribution in [2.75, 3.05) is 19.6 Å². The molecule has 18 heavy (non-hydrogen) atoms.